The molecule has 2 aromatic heterocycles. The van der Waals surface area contributed by atoms with Crippen LogP contribution in [-0.4, -0.2) is 94.0 Å². The van der Waals surface area contributed by atoms with Crippen LogP contribution in [0.4, 0.5) is 5.95 Å². The second kappa shape index (κ2) is 16.0. The number of rotatable bonds is 14. The Kier molecular flexibility index (Phi) is 13.6. The Morgan fingerprint density at radius 1 is 1.17 bits per heavy atom. The quantitative estimate of drug-likeness (QED) is 0.118. The van der Waals surface area contributed by atoms with Gasteiger partial charge in [0.1, 0.15) is 25.8 Å². The maximum absolute atomic E-state index is 12.8. The smallest absolute Gasteiger partial charge is 0.341 e. The number of ether oxygens (including phenoxy) is 2. The molecule has 1 amide bonds. The van der Waals surface area contributed by atoms with Gasteiger partial charge in [0.2, 0.25) is 11.9 Å². The van der Waals surface area contributed by atoms with Crippen LogP contribution in [-0.2, 0) is 18.7 Å². The van der Waals surface area contributed by atoms with Crippen molar-refractivity contribution in [3.8, 4) is 11.5 Å². The van der Waals surface area contributed by atoms with Crippen LogP contribution in [0.2, 0.25) is 35.9 Å². The lowest BCUT2D eigenvalue weighted by molar-refractivity contribution is -0.118. The van der Waals surface area contributed by atoms with Crippen molar-refractivity contribution < 1.29 is 28.6 Å². The van der Waals surface area contributed by atoms with Gasteiger partial charge in [-0.3, -0.25) is 14.7 Å². The molecule has 15 heteroatoms. The van der Waals surface area contributed by atoms with E-state index < -0.39 is 40.7 Å². The number of anilines is 1. The molecule has 7 atom stereocenters. The molecule has 1 aliphatic heterocycles. The third-order valence-electron chi connectivity index (χ3n) is 8.17. The molecular formula is C32H54ClN5O6SSi2. The number of nitrogens with zero attached hydrogens (tertiary/aromatic N) is 4. The standard InChI is InChI=1S/C32H54ClN5O6SSi2/c1-19(2)29(39)37-31-35-27(33)25-28(36-31)38(18-34-25)30-32(40,15-16-46(10,11)12)26(24(43-30)17-42-9)44-47(41,21(5)6)23(8)14-13-22(7)45-20(3)4/h18-24,26,30,40-41H,13-14,17H2,1-12H3,(H,35,36,37,39)/t22?,23?,24-,26-,30-,32+,47?/m1/s1. The van der Waals surface area contributed by atoms with Crippen molar-refractivity contribution in [2.75, 3.05) is 19.0 Å². The summed E-state index contributed by atoms with van der Waals surface area (Å²) in [4.78, 5) is 38.1. The molecule has 0 aromatic carbocycles. The van der Waals surface area contributed by atoms with Crippen molar-refractivity contribution in [3.05, 3.63) is 11.5 Å². The number of nitrogens with one attached hydrogen (secondary N) is 1. The second-order valence-electron chi connectivity index (χ2n) is 14.5. The van der Waals surface area contributed by atoms with E-state index in [1.807, 2.05) is 32.5 Å². The number of hydrogen-bond donors (Lipinski definition) is 3. The fraction of sp³-hybridized carbons (Fsp3) is 0.750. The predicted molar refractivity (Wildman–Crippen MR) is 194 cm³/mol. The highest BCUT2D eigenvalue weighted by Crippen LogP contribution is 2.46. The van der Waals surface area contributed by atoms with Crippen LogP contribution in [0.1, 0.15) is 74.5 Å². The number of amides is 1. The minimum absolute atomic E-state index is 0.000755. The third kappa shape index (κ3) is 9.58. The van der Waals surface area contributed by atoms with Gasteiger partial charge in [0.05, 0.1) is 12.9 Å². The molecule has 0 radical (unpaired) electrons. The highest BCUT2D eigenvalue weighted by molar-refractivity contribution is 8.00. The minimum atomic E-state index is -3.53. The molecule has 0 saturated carbocycles. The normalized spacial score (nSPS) is 24.4. The van der Waals surface area contributed by atoms with E-state index >= 15 is 0 Å². The van der Waals surface area contributed by atoms with Crippen LogP contribution < -0.4 is 5.32 Å². The monoisotopic (exact) mass is 727 g/mol. The van der Waals surface area contributed by atoms with Crippen molar-refractivity contribution >= 4 is 63.0 Å². The van der Waals surface area contributed by atoms with Gasteiger partial charge in [0, 0.05) is 23.8 Å². The lowest BCUT2D eigenvalue weighted by atomic mass is 9.95. The van der Waals surface area contributed by atoms with Crippen LogP contribution in [0.25, 0.3) is 11.2 Å². The predicted octanol–water partition coefficient (Wildman–Crippen LogP) is 6.16. The summed E-state index contributed by atoms with van der Waals surface area (Å²) in [5.41, 5.74) is 1.56. The van der Waals surface area contributed by atoms with Gasteiger partial charge in [-0.1, -0.05) is 92.6 Å². The van der Waals surface area contributed by atoms with Gasteiger partial charge in [0.15, 0.2) is 22.6 Å². The van der Waals surface area contributed by atoms with Crippen molar-refractivity contribution in [2.45, 2.75) is 133 Å². The number of aromatic nitrogens is 4. The molecule has 3 N–H and O–H groups in total. The van der Waals surface area contributed by atoms with Gasteiger partial charge in [-0.2, -0.15) is 21.7 Å². The molecule has 1 aliphatic rings. The van der Waals surface area contributed by atoms with E-state index in [2.05, 4.69) is 72.1 Å². The van der Waals surface area contributed by atoms with E-state index in [1.54, 1.807) is 25.5 Å². The van der Waals surface area contributed by atoms with Crippen LogP contribution >= 0.6 is 23.4 Å². The topological polar surface area (TPSA) is 141 Å². The Hall–Kier alpha value is -1.55. The number of methoxy groups -OCH3 is 1. The summed E-state index contributed by atoms with van der Waals surface area (Å²) >= 11 is 8.42. The zero-order valence-corrected chi connectivity index (χ0v) is 33.5. The lowest BCUT2D eigenvalue weighted by Gasteiger charge is -2.40. The lowest BCUT2D eigenvalue weighted by Crippen LogP contribution is -2.57. The van der Waals surface area contributed by atoms with Gasteiger partial charge < -0.3 is 23.8 Å². The molecule has 3 rings (SSSR count). The first-order chi connectivity index (χ1) is 21.7. The third-order valence-corrected chi connectivity index (χ3v) is 14.5. The molecule has 11 nitrogen and oxygen atoms in total. The van der Waals surface area contributed by atoms with Crippen molar-refractivity contribution in [2.24, 2.45) is 5.92 Å². The Morgan fingerprint density at radius 3 is 2.38 bits per heavy atom. The molecule has 264 valence electrons. The van der Waals surface area contributed by atoms with E-state index in [-0.39, 0.29) is 51.8 Å². The highest BCUT2D eigenvalue weighted by atomic mass is 35.5. The maximum Gasteiger partial charge on any atom is 0.341 e. The first kappa shape index (κ1) is 39.9. The number of thioether (sulfide) groups is 1. The Balaban J connectivity index is 2.14. The van der Waals surface area contributed by atoms with Gasteiger partial charge in [-0.05, 0) is 23.6 Å². The van der Waals surface area contributed by atoms with Gasteiger partial charge in [0.25, 0.3) is 0 Å². The molecular weight excluding hydrogens is 674 g/mol. The maximum atomic E-state index is 12.8. The first-order valence-electron chi connectivity index (χ1n) is 16.4. The number of carbonyl (C=O) groups is 1. The summed E-state index contributed by atoms with van der Waals surface area (Å²) in [5.74, 6) is 2.57. The molecule has 3 unspecified atom stereocenters. The van der Waals surface area contributed by atoms with Crippen LogP contribution in [0, 0.1) is 17.4 Å². The van der Waals surface area contributed by atoms with Crippen molar-refractivity contribution in [1.82, 2.24) is 19.5 Å². The summed E-state index contributed by atoms with van der Waals surface area (Å²) in [6.07, 6.45) is 0.150. The van der Waals surface area contributed by atoms with E-state index in [1.165, 1.54) is 6.33 Å². The largest absolute Gasteiger partial charge is 0.410 e. The van der Waals surface area contributed by atoms with Gasteiger partial charge >= 0.3 is 8.56 Å². The van der Waals surface area contributed by atoms with Crippen LogP contribution in [0.5, 0.6) is 0 Å². The average molecular weight is 729 g/mol. The number of halogens is 1. The zero-order chi connectivity index (χ0) is 35.5. The molecule has 0 aliphatic carbocycles. The number of aliphatic hydroxyl groups is 1. The van der Waals surface area contributed by atoms with Crippen molar-refractivity contribution in [1.29, 1.82) is 0 Å². The fourth-order valence-corrected chi connectivity index (χ4v) is 10.5. The summed E-state index contributed by atoms with van der Waals surface area (Å²) in [7, 11) is -4.02. The van der Waals surface area contributed by atoms with E-state index in [0.717, 1.165) is 12.8 Å². The molecule has 47 heavy (non-hydrogen) atoms. The summed E-state index contributed by atoms with van der Waals surface area (Å²) in [6, 6.07) is 0. The molecule has 2 aromatic rings. The summed E-state index contributed by atoms with van der Waals surface area (Å²) in [5, 5.41) is 16.4. The van der Waals surface area contributed by atoms with Crippen molar-refractivity contribution in [3.63, 3.8) is 0 Å². The molecule has 1 fully saturated rings. The Labute approximate surface area is 291 Å². The molecule has 0 bridgehead atoms. The zero-order valence-electron chi connectivity index (χ0n) is 29.9. The highest BCUT2D eigenvalue weighted by Gasteiger charge is 2.61. The number of fused-ring (bicyclic) bond motifs is 1. The van der Waals surface area contributed by atoms with E-state index in [9.17, 15) is 14.7 Å². The summed E-state index contributed by atoms with van der Waals surface area (Å²) in [6.45, 7) is 22.4. The second-order valence-corrected chi connectivity index (χ2v) is 25.5. The number of imidazole rings is 1. The molecule has 3 heterocycles. The van der Waals surface area contributed by atoms with E-state index in [0.29, 0.717) is 10.5 Å². The molecule has 1 saturated heterocycles. The Bertz CT molecular complexity index is 1450. The minimum Gasteiger partial charge on any atom is -0.410 e. The molecule has 0 spiro atoms. The van der Waals surface area contributed by atoms with Gasteiger partial charge in [-0.15, -0.1) is 5.54 Å². The average Bonchev–Trinajstić information content (AvgIpc) is 3.49. The van der Waals surface area contributed by atoms with E-state index in [4.69, 9.17) is 25.5 Å². The van der Waals surface area contributed by atoms with Crippen LogP contribution in [0.3, 0.4) is 0 Å². The number of hydrogen-bond acceptors (Lipinski definition) is 10. The first-order valence-corrected chi connectivity index (χ1v) is 23.2. The summed E-state index contributed by atoms with van der Waals surface area (Å²) < 4.78 is 20.5. The number of carbonyl (C=O) groups excluding carboxylic acids is 1. The SMILES string of the molecule is COC[C@H]1O[C@@H](n2cnc3c(Cl)nc(NC(=O)C(C)C)nc32)[C@](O)(C#C[Si](C)(C)C)[C@@H]1O[Si](O)(C(C)C)C(C)CCC(C)SC(C)C. The fourth-order valence-electron chi connectivity index (χ4n) is 5.53. The Morgan fingerprint density at radius 2 is 1.83 bits per heavy atom. The van der Waals surface area contributed by atoms with Crippen LogP contribution in [0.15, 0.2) is 6.33 Å². The van der Waals surface area contributed by atoms with Gasteiger partial charge in [-0.25, -0.2) is 4.98 Å².